The van der Waals surface area contributed by atoms with E-state index in [-0.39, 0.29) is 5.91 Å². The van der Waals surface area contributed by atoms with Gasteiger partial charge in [0.05, 0.1) is 0 Å². The zero-order chi connectivity index (χ0) is 20.1. The zero-order valence-corrected chi connectivity index (χ0v) is 16.4. The lowest BCUT2D eigenvalue weighted by molar-refractivity contribution is 0.102. The van der Waals surface area contributed by atoms with Crippen molar-refractivity contribution in [1.82, 2.24) is 14.9 Å². The van der Waals surface area contributed by atoms with Crippen molar-refractivity contribution in [3.8, 4) is 0 Å². The number of nitrogens with zero attached hydrogens (tertiary/aromatic N) is 4. The first-order chi connectivity index (χ1) is 14.2. The van der Waals surface area contributed by atoms with Crippen LogP contribution in [-0.2, 0) is 0 Å². The van der Waals surface area contributed by atoms with Crippen molar-refractivity contribution >= 4 is 28.8 Å². The van der Waals surface area contributed by atoms with Crippen molar-refractivity contribution in [2.75, 3.05) is 48.8 Å². The van der Waals surface area contributed by atoms with Gasteiger partial charge in [0.2, 0.25) is 0 Å². The highest BCUT2D eigenvalue weighted by molar-refractivity contribution is 6.03. The number of rotatable bonds is 5. The number of carbonyl (C=O) groups is 1. The molecule has 4 rings (SSSR count). The van der Waals surface area contributed by atoms with Gasteiger partial charge in [-0.15, -0.1) is 0 Å². The van der Waals surface area contributed by atoms with Crippen LogP contribution in [-0.4, -0.2) is 54.0 Å². The van der Waals surface area contributed by atoms with Gasteiger partial charge in [-0.3, -0.25) is 4.79 Å². The molecule has 2 aromatic carbocycles. The molecule has 7 nitrogen and oxygen atoms in total. The van der Waals surface area contributed by atoms with Crippen molar-refractivity contribution in [2.45, 2.75) is 0 Å². The van der Waals surface area contributed by atoms with Crippen LogP contribution in [0.5, 0.6) is 0 Å². The Balaban J connectivity index is 1.40. The maximum absolute atomic E-state index is 12.4. The van der Waals surface area contributed by atoms with E-state index in [9.17, 15) is 4.79 Å². The van der Waals surface area contributed by atoms with Gasteiger partial charge in [0.25, 0.3) is 5.91 Å². The Kier molecular flexibility index (Phi) is 5.67. The Morgan fingerprint density at radius 2 is 1.62 bits per heavy atom. The monoisotopic (exact) mass is 388 g/mol. The molecule has 1 aromatic heterocycles. The lowest BCUT2D eigenvalue weighted by Gasteiger charge is -2.34. The van der Waals surface area contributed by atoms with Crippen LogP contribution in [0.25, 0.3) is 0 Å². The number of likely N-dealkylation sites (N-methyl/N-ethyl adjacent to an activating group) is 1. The number of carbonyl (C=O) groups excluding carboxylic acids is 1. The molecule has 2 heterocycles. The molecule has 148 valence electrons. The molecule has 0 aliphatic carbocycles. The van der Waals surface area contributed by atoms with Crippen molar-refractivity contribution in [3.05, 3.63) is 72.7 Å². The summed E-state index contributed by atoms with van der Waals surface area (Å²) in [6.45, 7) is 4.23. The van der Waals surface area contributed by atoms with Gasteiger partial charge < -0.3 is 20.4 Å². The second-order valence-corrected chi connectivity index (χ2v) is 7.07. The molecular formula is C22H24N6O. The van der Waals surface area contributed by atoms with Crippen molar-refractivity contribution in [2.24, 2.45) is 0 Å². The standard InChI is InChI=1S/C22H24N6O/c1-27-11-13-28(14-12-27)19-9-7-18(8-10-19)25-21-15-20(23-16-24-21)22(29)26-17-5-3-2-4-6-17/h2-10,15-16H,11-14H2,1H3,(H,26,29)(H,23,24,25). The predicted octanol–water partition coefficient (Wildman–Crippen LogP) is 3.22. The number of piperazine rings is 1. The van der Waals surface area contributed by atoms with Crippen molar-refractivity contribution in [3.63, 3.8) is 0 Å². The van der Waals surface area contributed by atoms with Gasteiger partial charge in [-0.05, 0) is 43.4 Å². The molecular weight excluding hydrogens is 364 g/mol. The highest BCUT2D eigenvalue weighted by Gasteiger charge is 2.14. The minimum absolute atomic E-state index is 0.271. The molecule has 7 heteroatoms. The zero-order valence-electron chi connectivity index (χ0n) is 16.4. The van der Waals surface area contributed by atoms with E-state index in [0.29, 0.717) is 11.5 Å². The minimum atomic E-state index is -0.271. The van der Waals surface area contributed by atoms with E-state index in [1.54, 1.807) is 6.07 Å². The fourth-order valence-corrected chi connectivity index (χ4v) is 3.23. The van der Waals surface area contributed by atoms with Crippen LogP contribution in [0.2, 0.25) is 0 Å². The first-order valence-electron chi connectivity index (χ1n) is 9.66. The topological polar surface area (TPSA) is 73.4 Å². The Labute approximate surface area is 170 Å². The molecule has 3 aromatic rings. The Morgan fingerprint density at radius 3 is 2.34 bits per heavy atom. The summed E-state index contributed by atoms with van der Waals surface area (Å²) in [6.07, 6.45) is 1.39. The van der Waals surface area contributed by atoms with Crippen LogP contribution in [0.1, 0.15) is 10.5 Å². The first kappa shape index (κ1) is 18.9. The summed E-state index contributed by atoms with van der Waals surface area (Å²) < 4.78 is 0. The van der Waals surface area contributed by atoms with Crippen LogP contribution in [0.15, 0.2) is 67.0 Å². The van der Waals surface area contributed by atoms with E-state index in [1.165, 1.54) is 12.0 Å². The number of aromatic nitrogens is 2. The van der Waals surface area contributed by atoms with E-state index in [1.807, 2.05) is 42.5 Å². The molecule has 0 atom stereocenters. The fourth-order valence-electron chi connectivity index (χ4n) is 3.23. The normalized spacial score (nSPS) is 14.4. The summed E-state index contributed by atoms with van der Waals surface area (Å²) in [5, 5.41) is 6.07. The van der Waals surface area contributed by atoms with E-state index in [0.717, 1.165) is 37.6 Å². The highest BCUT2D eigenvalue weighted by Crippen LogP contribution is 2.21. The molecule has 1 aliphatic rings. The molecule has 0 unspecified atom stereocenters. The number of hydrogen-bond donors (Lipinski definition) is 2. The minimum Gasteiger partial charge on any atom is -0.369 e. The Hall–Kier alpha value is -3.45. The lowest BCUT2D eigenvalue weighted by atomic mass is 10.2. The van der Waals surface area contributed by atoms with Gasteiger partial charge in [0, 0.05) is 49.3 Å². The fraction of sp³-hybridized carbons (Fsp3) is 0.227. The van der Waals surface area contributed by atoms with E-state index in [4.69, 9.17) is 0 Å². The second-order valence-electron chi connectivity index (χ2n) is 7.07. The molecule has 1 fully saturated rings. The van der Waals surface area contributed by atoms with Gasteiger partial charge >= 0.3 is 0 Å². The number of hydrogen-bond acceptors (Lipinski definition) is 6. The number of benzene rings is 2. The van der Waals surface area contributed by atoms with Gasteiger partial charge in [0.15, 0.2) is 0 Å². The summed E-state index contributed by atoms with van der Waals surface area (Å²) in [4.78, 5) is 25.5. The van der Waals surface area contributed by atoms with Gasteiger partial charge in [-0.1, -0.05) is 18.2 Å². The molecule has 0 bridgehead atoms. The number of amides is 1. The molecule has 0 spiro atoms. The molecule has 0 radical (unpaired) electrons. The Bertz CT molecular complexity index is 953. The average molecular weight is 388 g/mol. The van der Waals surface area contributed by atoms with Crippen molar-refractivity contribution in [1.29, 1.82) is 0 Å². The highest BCUT2D eigenvalue weighted by atomic mass is 16.1. The largest absolute Gasteiger partial charge is 0.369 e. The van der Waals surface area contributed by atoms with Crippen molar-refractivity contribution < 1.29 is 4.79 Å². The Morgan fingerprint density at radius 1 is 0.897 bits per heavy atom. The second kappa shape index (κ2) is 8.70. The van der Waals surface area contributed by atoms with Crippen LogP contribution >= 0.6 is 0 Å². The SMILES string of the molecule is CN1CCN(c2ccc(Nc3cc(C(=O)Nc4ccccc4)ncn3)cc2)CC1. The molecule has 2 N–H and O–H groups in total. The van der Waals surface area contributed by atoms with Gasteiger partial charge in [-0.2, -0.15) is 0 Å². The number of para-hydroxylation sites is 1. The third-order valence-corrected chi connectivity index (χ3v) is 4.94. The quantitative estimate of drug-likeness (QED) is 0.699. The molecule has 1 saturated heterocycles. The molecule has 29 heavy (non-hydrogen) atoms. The lowest BCUT2D eigenvalue weighted by Crippen LogP contribution is -2.44. The van der Waals surface area contributed by atoms with Crippen LogP contribution in [0.4, 0.5) is 22.9 Å². The van der Waals surface area contributed by atoms with Gasteiger partial charge in [-0.25, -0.2) is 9.97 Å². The maximum atomic E-state index is 12.4. The van der Waals surface area contributed by atoms with Crippen LogP contribution in [0, 0.1) is 0 Å². The predicted molar refractivity (Wildman–Crippen MR) is 116 cm³/mol. The molecule has 1 amide bonds. The molecule has 1 aliphatic heterocycles. The van der Waals surface area contributed by atoms with Crippen LogP contribution in [0.3, 0.4) is 0 Å². The summed E-state index contributed by atoms with van der Waals surface area (Å²) in [5.74, 6) is 0.303. The number of anilines is 4. The first-order valence-corrected chi connectivity index (χ1v) is 9.66. The third-order valence-electron chi connectivity index (χ3n) is 4.94. The number of nitrogens with one attached hydrogen (secondary N) is 2. The summed E-state index contributed by atoms with van der Waals surface area (Å²) in [5.41, 5.74) is 3.16. The summed E-state index contributed by atoms with van der Waals surface area (Å²) in [6, 6.07) is 19.2. The molecule has 0 saturated carbocycles. The van der Waals surface area contributed by atoms with E-state index >= 15 is 0 Å². The summed E-state index contributed by atoms with van der Waals surface area (Å²) >= 11 is 0. The van der Waals surface area contributed by atoms with E-state index < -0.39 is 0 Å². The maximum Gasteiger partial charge on any atom is 0.274 e. The third kappa shape index (κ3) is 4.89. The van der Waals surface area contributed by atoms with E-state index in [2.05, 4.69) is 49.6 Å². The van der Waals surface area contributed by atoms with Gasteiger partial charge in [0.1, 0.15) is 17.8 Å². The van der Waals surface area contributed by atoms with Crippen LogP contribution < -0.4 is 15.5 Å². The average Bonchev–Trinajstić information content (AvgIpc) is 2.76. The smallest absolute Gasteiger partial charge is 0.274 e. The summed E-state index contributed by atoms with van der Waals surface area (Å²) in [7, 11) is 2.15.